The second kappa shape index (κ2) is 9.67. The molecule has 126 valence electrons. The molecule has 0 fully saturated rings. The number of rotatable bonds is 8. The van der Waals surface area contributed by atoms with Gasteiger partial charge in [0.05, 0.1) is 0 Å². The quantitative estimate of drug-likeness (QED) is 0.575. The molecule has 5 heteroatoms. The van der Waals surface area contributed by atoms with Crippen molar-refractivity contribution in [3.05, 3.63) is 58.3 Å². The van der Waals surface area contributed by atoms with E-state index < -0.39 is 5.97 Å². The van der Waals surface area contributed by atoms with E-state index in [2.05, 4.69) is 12.2 Å². The van der Waals surface area contributed by atoms with Crippen LogP contribution in [0.25, 0.3) is 6.08 Å². The lowest BCUT2D eigenvalue weighted by Crippen LogP contribution is -2.20. The zero-order valence-corrected chi connectivity index (χ0v) is 14.5. The third kappa shape index (κ3) is 6.38. The summed E-state index contributed by atoms with van der Waals surface area (Å²) in [4.78, 5) is 23.4. The fourth-order valence-electron chi connectivity index (χ4n) is 2.05. The molecular weight excluding hydrogens is 322 g/mol. The normalized spacial score (nSPS) is 10.7. The summed E-state index contributed by atoms with van der Waals surface area (Å²) in [6.07, 6.45) is 6.33. The van der Waals surface area contributed by atoms with E-state index in [1.54, 1.807) is 17.4 Å². The molecule has 4 nitrogen and oxygen atoms in total. The number of anilines is 1. The molecule has 0 spiro atoms. The summed E-state index contributed by atoms with van der Waals surface area (Å²) in [5.74, 6) is -0.889. The largest absolute Gasteiger partial charge is 0.452 e. The van der Waals surface area contributed by atoms with Crippen LogP contribution in [-0.2, 0) is 20.7 Å². The van der Waals surface area contributed by atoms with E-state index in [4.69, 9.17) is 4.74 Å². The zero-order chi connectivity index (χ0) is 17.2. The fourth-order valence-corrected chi connectivity index (χ4v) is 2.68. The minimum Gasteiger partial charge on any atom is -0.452 e. The van der Waals surface area contributed by atoms with E-state index in [0.717, 1.165) is 24.8 Å². The molecule has 0 aliphatic heterocycles. The first-order valence-electron chi connectivity index (χ1n) is 7.93. The minimum atomic E-state index is -0.536. The van der Waals surface area contributed by atoms with Crippen LogP contribution in [0.3, 0.4) is 0 Å². The number of nitrogens with one attached hydrogen (secondary N) is 1. The Morgan fingerprint density at radius 3 is 2.67 bits per heavy atom. The Bertz CT molecular complexity index is 675. The second-order valence-electron chi connectivity index (χ2n) is 5.35. The van der Waals surface area contributed by atoms with Gasteiger partial charge in [-0.05, 0) is 59.0 Å². The number of esters is 1. The summed E-state index contributed by atoms with van der Waals surface area (Å²) in [5, 5.41) is 6.55. The number of aryl methyl sites for hydroxylation is 1. The Balaban J connectivity index is 1.73. The van der Waals surface area contributed by atoms with E-state index in [9.17, 15) is 9.59 Å². The number of carbonyl (C=O) groups excluding carboxylic acids is 2. The molecule has 0 aliphatic carbocycles. The fraction of sp³-hybridized carbons (Fsp3) is 0.263. The number of unbranched alkanes of at least 4 members (excludes halogenated alkanes) is 1. The predicted molar refractivity (Wildman–Crippen MR) is 98.0 cm³/mol. The SMILES string of the molecule is CCCCc1ccc(NC(=O)COC(=O)/C=C/c2ccsc2)cc1. The first kappa shape index (κ1) is 17.9. The molecule has 2 rings (SSSR count). The Morgan fingerprint density at radius 2 is 2.00 bits per heavy atom. The number of ether oxygens (including phenoxy) is 1. The second-order valence-corrected chi connectivity index (χ2v) is 6.13. The maximum Gasteiger partial charge on any atom is 0.331 e. The molecule has 2 aromatic rings. The molecule has 1 aromatic heterocycles. The van der Waals surface area contributed by atoms with Crippen LogP contribution >= 0.6 is 11.3 Å². The van der Waals surface area contributed by atoms with Crippen LogP contribution in [-0.4, -0.2) is 18.5 Å². The van der Waals surface area contributed by atoms with Crippen LogP contribution < -0.4 is 5.32 Å². The molecule has 0 aliphatic rings. The number of hydrogen-bond acceptors (Lipinski definition) is 4. The minimum absolute atomic E-state index is 0.301. The number of benzene rings is 1. The first-order valence-corrected chi connectivity index (χ1v) is 8.87. The van der Waals surface area contributed by atoms with Crippen molar-refractivity contribution in [1.29, 1.82) is 0 Å². The van der Waals surface area contributed by atoms with Gasteiger partial charge in [0.2, 0.25) is 0 Å². The Morgan fingerprint density at radius 1 is 1.21 bits per heavy atom. The molecular formula is C19H21NO3S. The molecule has 0 bridgehead atoms. The van der Waals surface area contributed by atoms with Crippen LogP contribution in [0.4, 0.5) is 5.69 Å². The van der Waals surface area contributed by atoms with Crippen molar-refractivity contribution in [2.45, 2.75) is 26.2 Å². The lowest BCUT2D eigenvalue weighted by Gasteiger charge is -2.06. The summed E-state index contributed by atoms with van der Waals surface area (Å²) < 4.78 is 4.92. The van der Waals surface area contributed by atoms with Gasteiger partial charge in [-0.25, -0.2) is 4.79 Å². The third-order valence-corrected chi connectivity index (χ3v) is 4.06. The molecule has 1 amide bonds. The van der Waals surface area contributed by atoms with E-state index in [-0.39, 0.29) is 12.5 Å². The molecule has 0 atom stereocenters. The maximum atomic E-state index is 11.8. The number of carbonyl (C=O) groups is 2. The molecule has 0 radical (unpaired) electrons. The lowest BCUT2D eigenvalue weighted by molar-refractivity contribution is -0.142. The van der Waals surface area contributed by atoms with E-state index >= 15 is 0 Å². The van der Waals surface area contributed by atoms with Crippen molar-refractivity contribution in [2.75, 3.05) is 11.9 Å². The van der Waals surface area contributed by atoms with Crippen LogP contribution in [0.15, 0.2) is 47.2 Å². The molecule has 1 heterocycles. The molecule has 24 heavy (non-hydrogen) atoms. The van der Waals surface area contributed by atoms with Crippen molar-refractivity contribution in [3.63, 3.8) is 0 Å². The first-order chi connectivity index (χ1) is 11.7. The third-order valence-electron chi connectivity index (χ3n) is 3.36. The van der Waals surface area contributed by atoms with Gasteiger partial charge >= 0.3 is 5.97 Å². The van der Waals surface area contributed by atoms with Crippen molar-refractivity contribution in [1.82, 2.24) is 0 Å². The predicted octanol–water partition coefficient (Wildman–Crippen LogP) is 4.29. The molecule has 1 N–H and O–H groups in total. The highest BCUT2D eigenvalue weighted by Crippen LogP contribution is 2.12. The van der Waals surface area contributed by atoms with Gasteiger partial charge in [-0.1, -0.05) is 25.5 Å². The van der Waals surface area contributed by atoms with Gasteiger partial charge in [0, 0.05) is 11.8 Å². The van der Waals surface area contributed by atoms with E-state index in [1.807, 2.05) is 41.1 Å². The van der Waals surface area contributed by atoms with Gasteiger partial charge in [-0.2, -0.15) is 11.3 Å². The van der Waals surface area contributed by atoms with Crippen molar-refractivity contribution in [3.8, 4) is 0 Å². The van der Waals surface area contributed by atoms with Gasteiger partial charge in [0.15, 0.2) is 6.61 Å². The van der Waals surface area contributed by atoms with E-state index in [0.29, 0.717) is 5.69 Å². The smallest absolute Gasteiger partial charge is 0.331 e. The summed E-state index contributed by atoms with van der Waals surface area (Å²) in [5.41, 5.74) is 2.88. The van der Waals surface area contributed by atoms with E-state index in [1.165, 1.54) is 11.6 Å². The van der Waals surface area contributed by atoms with Crippen LogP contribution in [0.1, 0.15) is 30.9 Å². The summed E-state index contributed by atoms with van der Waals surface area (Å²) >= 11 is 1.55. The van der Waals surface area contributed by atoms with Crippen LogP contribution in [0.2, 0.25) is 0 Å². The Kier molecular flexibility index (Phi) is 7.23. The summed E-state index contributed by atoms with van der Waals surface area (Å²) in [7, 11) is 0. The highest BCUT2D eigenvalue weighted by atomic mass is 32.1. The topological polar surface area (TPSA) is 55.4 Å². The molecule has 0 saturated heterocycles. The Hall–Kier alpha value is -2.40. The number of amides is 1. The van der Waals surface area contributed by atoms with Crippen molar-refractivity contribution >= 4 is 35.0 Å². The zero-order valence-electron chi connectivity index (χ0n) is 13.7. The summed E-state index contributed by atoms with van der Waals surface area (Å²) in [6.45, 7) is 1.86. The monoisotopic (exact) mass is 343 g/mol. The van der Waals surface area contributed by atoms with Gasteiger partial charge in [-0.15, -0.1) is 0 Å². The van der Waals surface area contributed by atoms with Gasteiger partial charge in [0.25, 0.3) is 5.91 Å². The van der Waals surface area contributed by atoms with Crippen molar-refractivity contribution in [2.24, 2.45) is 0 Å². The standard InChI is InChI=1S/C19H21NO3S/c1-2-3-4-15-5-8-17(9-6-15)20-18(21)13-23-19(22)10-7-16-11-12-24-14-16/h5-12,14H,2-4,13H2,1H3,(H,20,21)/b10-7+. The van der Waals surface area contributed by atoms with Gasteiger partial charge < -0.3 is 10.1 Å². The average Bonchev–Trinajstić information content (AvgIpc) is 3.11. The lowest BCUT2D eigenvalue weighted by atomic mass is 10.1. The maximum absolute atomic E-state index is 11.8. The highest BCUT2D eigenvalue weighted by molar-refractivity contribution is 7.08. The van der Waals surface area contributed by atoms with Gasteiger partial charge in [0.1, 0.15) is 0 Å². The Labute approximate surface area is 146 Å². The average molecular weight is 343 g/mol. The summed E-state index contributed by atoms with van der Waals surface area (Å²) in [6, 6.07) is 9.62. The van der Waals surface area contributed by atoms with Gasteiger partial charge in [-0.3, -0.25) is 4.79 Å². The number of thiophene rings is 1. The number of hydrogen-bond donors (Lipinski definition) is 1. The van der Waals surface area contributed by atoms with Crippen molar-refractivity contribution < 1.29 is 14.3 Å². The molecule has 1 aromatic carbocycles. The van der Waals surface area contributed by atoms with Crippen LogP contribution in [0.5, 0.6) is 0 Å². The molecule has 0 saturated carbocycles. The highest BCUT2D eigenvalue weighted by Gasteiger charge is 2.06. The van der Waals surface area contributed by atoms with Crippen LogP contribution in [0, 0.1) is 0 Å². The molecule has 0 unspecified atom stereocenters.